The van der Waals surface area contributed by atoms with Crippen molar-refractivity contribution < 1.29 is 14.0 Å². The number of rotatable bonds is 9. The summed E-state index contributed by atoms with van der Waals surface area (Å²) in [6, 6.07) is 24.9. The van der Waals surface area contributed by atoms with E-state index in [0.717, 1.165) is 16.7 Å². The maximum Gasteiger partial charge on any atom is 0.243 e. The lowest BCUT2D eigenvalue weighted by Crippen LogP contribution is -2.54. The predicted molar refractivity (Wildman–Crippen MR) is 134 cm³/mol. The second-order valence-electron chi connectivity index (χ2n) is 9.58. The summed E-state index contributed by atoms with van der Waals surface area (Å²) in [5.41, 5.74) is 2.37. The van der Waals surface area contributed by atoms with Crippen molar-refractivity contribution in [1.29, 1.82) is 0 Å². The predicted octanol–water partition coefficient (Wildman–Crippen LogP) is 5.31. The van der Waals surface area contributed by atoms with Crippen LogP contribution in [0.3, 0.4) is 0 Å². The zero-order valence-corrected chi connectivity index (χ0v) is 20.1. The zero-order chi connectivity index (χ0) is 24.6. The highest BCUT2D eigenvalue weighted by Crippen LogP contribution is 2.18. The van der Waals surface area contributed by atoms with Gasteiger partial charge in [0, 0.05) is 24.9 Å². The number of nitrogens with one attached hydrogen (secondary N) is 1. The number of aryl methyl sites for hydroxylation is 1. The summed E-state index contributed by atoms with van der Waals surface area (Å²) in [6.45, 7) is 5.99. The van der Waals surface area contributed by atoms with Crippen molar-refractivity contribution >= 4 is 11.8 Å². The Bertz CT molecular complexity index is 1060. The molecule has 3 aromatic rings. The van der Waals surface area contributed by atoms with Crippen molar-refractivity contribution in [3.63, 3.8) is 0 Å². The monoisotopic (exact) mass is 460 g/mol. The van der Waals surface area contributed by atoms with Crippen LogP contribution in [0.15, 0.2) is 84.9 Å². The van der Waals surface area contributed by atoms with Gasteiger partial charge in [0.15, 0.2) is 0 Å². The van der Waals surface area contributed by atoms with Gasteiger partial charge in [-0.1, -0.05) is 72.8 Å². The molecule has 2 amide bonds. The van der Waals surface area contributed by atoms with Crippen LogP contribution in [0.25, 0.3) is 0 Å². The molecule has 5 heteroatoms. The first-order valence-corrected chi connectivity index (χ1v) is 11.6. The van der Waals surface area contributed by atoms with Crippen molar-refractivity contribution in [3.05, 3.63) is 107 Å². The average Bonchev–Trinajstić information content (AvgIpc) is 2.81. The third-order valence-corrected chi connectivity index (χ3v) is 5.51. The van der Waals surface area contributed by atoms with Crippen molar-refractivity contribution in [2.24, 2.45) is 0 Å². The van der Waals surface area contributed by atoms with Gasteiger partial charge in [0.2, 0.25) is 11.8 Å². The Balaban J connectivity index is 1.91. The van der Waals surface area contributed by atoms with Crippen LogP contribution >= 0.6 is 0 Å². The molecule has 0 spiro atoms. The number of benzene rings is 3. The van der Waals surface area contributed by atoms with E-state index in [0.29, 0.717) is 12.8 Å². The first-order valence-electron chi connectivity index (χ1n) is 11.6. The van der Waals surface area contributed by atoms with Gasteiger partial charge in [0.05, 0.1) is 0 Å². The number of halogens is 1. The maximum absolute atomic E-state index is 13.6. The molecule has 0 aliphatic heterocycles. The van der Waals surface area contributed by atoms with Gasteiger partial charge >= 0.3 is 0 Å². The molecule has 0 bridgehead atoms. The van der Waals surface area contributed by atoms with Gasteiger partial charge < -0.3 is 10.2 Å². The van der Waals surface area contributed by atoms with Crippen LogP contribution in [0.2, 0.25) is 0 Å². The summed E-state index contributed by atoms with van der Waals surface area (Å²) in [5, 5.41) is 3.05. The van der Waals surface area contributed by atoms with E-state index < -0.39 is 11.6 Å². The Morgan fingerprint density at radius 2 is 1.38 bits per heavy atom. The number of hydrogen-bond acceptors (Lipinski definition) is 2. The Kier molecular flexibility index (Phi) is 8.58. The summed E-state index contributed by atoms with van der Waals surface area (Å²) < 4.78 is 13.5. The molecule has 0 aliphatic rings. The topological polar surface area (TPSA) is 49.4 Å². The zero-order valence-electron chi connectivity index (χ0n) is 20.1. The summed E-state index contributed by atoms with van der Waals surface area (Å²) in [4.78, 5) is 28.7. The van der Waals surface area contributed by atoms with Gasteiger partial charge in [-0.3, -0.25) is 9.59 Å². The highest BCUT2D eigenvalue weighted by Gasteiger charge is 2.32. The lowest BCUT2D eigenvalue weighted by atomic mass is 10.00. The number of carbonyl (C=O) groups excluding carboxylic acids is 2. The van der Waals surface area contributed by atoms with Crippen LogP contribution in [0, 0.1) is 5.82 Å². The molecular formula is C29H33FN2O2. The van der Waals surface area contributed by atoms with Crippen LogP contribution in [0.1, 0.15) is 43.9 Å². The quantitative estimate of drug-likeness (QED) is 0.470. The lowest BCUT2D eigenvalue weighted by molar-refractivity contribution is -0.141. The second-order valence-corrected chi connectivity index (χ2v) is 9.58. The molecule has 0 saturated carbocycles. The SMILES string of the molecule is CC(C)(C)NC(=O)[C@H](Cc1ccccc1)N(Cc1ccc(F)cc1)C(=O)CCc1ccccc1. The van der Waals surface area contributed by atoms with Crippen molar-refractivity contribution in [3.8, 4) is 0 Å². The van der Waals surface area contributed by atoms with Crippen LogP contribution < -0.4 is 5.32 Å². The highest BCUT2D eigenvalue weighted by molar-refractivity contribution is 5.88. The van der Waals surface area contributed by atoms with E-state index in [1.54, 1.807) is 17.0 Å². The van der Waals surface area contributed by atoms with Crippen molar-refractivity contribution in [2.45, 2.75) is 58.2 Å². The lowest BCUT2D eigenvalue weighted by Gasteiger charge is -2.34. The molecule has 3 rings (SSSR count). The summed E-state index contributed by atoms with van der Waals surface area (Å²) in [6.07, 6.45) is 1.25. The Morgan fingerprint density at radius 3 is 1.94 bits per heavy atom. The Labute approximate surface area is 201 Å². The molecule has 0 saturated heterocycles. The molecule has 0 radical (unpaired) electrons. The fraction of sp³-hybridized carbons (Fsp3) is 0.310. The minimum atomic E-state index is -0.699. The van der Waals surface area contributed by atoms with Gasteiger partial charge in [-0.05, 0) is 56.0 Å². The number of hydrogen-bond donors (Lipinski definition) is 1. The van der Waals surface area contributed by atoms with Gasteiger partial charge in [-0.2, -0.15) is 0 Å². The highest BCUT2D eigenvalue weighted by atomic mass is 19.1. The molecule has 0 aromatic heterocycles. The summed E-state index contributed by atoms with van der Waals surface area (Å²) >= 11 is 0. The molecule has 1 atom stereocenters. The van der Waals surface area contributed by atoms with Crippen molar-refractivity contribution in [2.75, 3.05) is 0 Å². The van der Waals surface area contributed by atoms with Gasteiger partial charge in [0.1, 0.15) is 11.9 Å². The maximum atomic E-state index is 13.6. The first-order chi connectivity index (χ1) is 16.2. The molecule has 0 unspecified atom stereocenters. The molecule has 0 heterocycles. The number of carbonyl (C=O) groups is 2. The number of amides is 2. The van der Waals surface area contributed by atoms with E-state index in [9.17, 15) is 14.0 Å². The van der Waals surface area contributed by atoms with E-state index in [1.807, 2.05) is 81.4 Å². The molecule has 178 valence electrons. The van der Waals surface area contributed by atoms with E-state index >= 15 is 0 Å². The van der Waals surface area contributed by atoms with Crippen LogP contribution in [0.4, 0.5) is 4.39 Å². The Morgan fingerprint density at radius 1 is 0.824 bits per heavy atom. The standard InChI is InChI=1S/C29H33FN2O2/c1-29(2,3)31-28(34)26(20-23-12-8-5-9-13-23)32(21-24-14-17-25(30)18-15-24)27(33)19-16-22-10-6-4-7-11-22/h4-15,17-18,26H,16,19-21H2,1-3H3,(H,31,34)/t26-/m0/s1. The fourth-order valence-corrected chi connectivity index (χ4v) is 3.83. The van der Waals surface area contributed by atoms with E-state index in [2.05, 4.69) is 5.32 Å². The van der Waals surface area contributed by atoms with Gasteiger partial charge in [-0.25, -0.2) is 4.39 Å². The minimum Gasteiger partial charge on any atom is -0.350 e. The largest absolute Gasteiger partial charge is 0.350 e. The molecule has 0 fully saturated rings. The Hall–Kier alpha value is -3.47. The minimum absolute atomic E-state index is 0.113. The van der Waals surface area contributed by atoms with Crippen molar-refractivity contribution in [1.82, 2.24) is 10.2 Å². The smallest absolute Gasteiger partial charge is 0.243 e. The first kappa shape index (κ1) is 25.2. The average molecular weight is 461 g/mol. The molecule has 0 aliphatic carbocycles. The number of nitrogens with zero attached hydrogens (tertiary/aromatic N) is 1. The molecule has 34 heavy (non-hydrogen) atoms. The fourth-order valence-electron chi connectivity index (χ4n) is 3.83. The molecular weight excluding hydrogens is 427 g/mol. The molecule has 4 nitrogen and oxygen atoms in total. The summed E-state index contributed by atoms with van der Waals surface area (Å²) in [7, 11) is 0. The third-order valence-electron chi connectivity index (χ3n) is 5.51. The van der Waals surface area contributed by atoms with E-state index in [4.69, 9.17) is 0 Å². The normalized spacial score (nSPS) is 12.1. The molecule has 3 aromatic carbocycles. The third kappa shape index (κ3) is 7.84. The van der Waals surface area contributed by atoms with Gasteiger partial charge in [-0.15, -0.1) is 0 Å². The van der Waals surface area contributed by atoms with E-state index in [1.165, 1.54) is 12.1 Å². The van der Waals surface area contributed by atoms with Crippen LogP contribution in [-0.4, -0.2) is 28.3 Å². The van der Waals surface area contributed by atoms with Crippen LogP contribution in [0.5, 0.6) is 0 Å². The van der Waals surface area contributed by atoms with Gasteiger partial charge in [0.25, 0.3) is 0 Å². The van der Waals surface area contributed by atoms with Crippen LogP contribution in [-0.2, 0) is 29.0 Å². The second kappa shape index (κ2) is 11.6. The van der Waals surface area contributed by atoms with E-state index in [-0.39, 0.29) is 30.6 Å². The summed E-state index contributed by atoms with van der Waals surface area (Å²) in [5.74, 6) is -0.651. The molecule has 1 N–H and O–H groups in total.